The van der Waals surface area contributed by atoms with E-state index in [2.05, 4.69) is 17.6 Å². The summed E-state index contributed by atoms with van der Waals surface area (Å²) in [5.74, 6) is 0. The van der Waals surface area contributed by atoms with E-state index in [1.165, 1.54) is 12.8 Å². The molecule has 0 aliphatic carbocycles. The lowest BCUT2D eigenvalue weighted by atomic mass is 9.94. The summed E-state index contributed by atoms with van der Waals surface area (Å²) < 4.78 is 5.89. The minimum Gasteiger partial charge on any atom is -0.374 e. The van der Waals surface area contributed by atoms with Gasteiger partial charge in [0.1, 0.15) is 0 Å². The zero-order valence-electron chi connectivity index (χ0n) is 8.86. The minimum absolute atomic E-state index is 0.0903. The van der Waals surface area contributed by atoms with Crippen molar-refractivity contribution in [1.29, 1.82) is 0 Å². The van der Waals surface area contributed by atoms with Gasteiger partial charge in [0.15, 0.2) is 0 Å². The minimum atomic E-state index is 0.0903. The molecule has 0 aromatic rings. The fourth-order valence-corrected chi connectivity index (χ4v) is 2.10. The topological polar surface area (TPSA) is 33.3 Å². The molecule has 3 heteroatoms. The Hall–Kier alpha value is -0.120. The first-order chi connectivity index (χ1) is 6.33. The van der Waals surface area contributed by atoms with E-state index in [1.54, 1.807) is 0 Å². The van der Waals surface area contributed by atoms with Crippen molar-refractivity contribution in [2.75, 3.05) is 33.3 Å². The molecule has 3 nitrogen and oxygen atoms in total. The van der Waals surface area contributed by atoms with Crippen LogP contribution in [0.2, 0.25) is 0 Å². The molecule has 0 amide bonds. The Morgan fingerprint density at radius 1 is 1.38 bits per heavy atom. The molecule has 1 saturated heterocycles. The third-order valence-electron chi connectivity index (χ3n) is 2.69. The van der Waals surface area contributed by atoms with E-state index in [0.717, 1.165) is 32.7 Å². The summed E-state index contributed by atoms with van der Waals surface area (Å²) in [5.41, 5.74) is 0.0903. The van der Waals surface area contributed by atoms with Crippen molar-refractivity contribution < 1.29 is 4.74 Å². The van der Waals surface area contributed by atoms with Crippen molar-refractivity contribution in [3.8, 4) is 0 Å². The first-order valence-corrected chi connectivity index (χ1v) is 5.32. The molecule has 1 aliphatic heterocycles. The van der Waals surface area contributed by atoms with Gasteiger partial charge in [-0.15, -0.1) is 0 Å². The molecule has 0 bridgehead atoms. The number of rotatable bonds is 4. The summed E-state index contributed by atoms with van der Waals surface area (Å²) >= 11 is 0. The maximum absolute atomic E-state index is 5.89. The van der Waals surface area contributed by atoms with Gasteiger partial charge in [-0.3, -0.25) is 0 Å². The van der Waals surface area contributed by atoms with Crippen molar-refractivity contribution in [2.24, 2.45) is 0 Å². The van der Waals surface area contributed by atoms with Gasteiger partial charge >= 0.3 is 0 Å². The van der Waals surface area contributed by atoms with Gasteiger partial charge in [-0.25, -0.2) is 0 Å². The second kappa shape index (κ2) is 5.58. The number of likely N-dealkylation sites (N-methyl/N-ethyl adjacent to an activating group) is 1. The smallest absolute Gasteiger partial charge is 0.0818 e. The fourth-order valence-electron chi connectivity index (χ4n) is 2.10. The zero-order chi connectivity index (χ0) is 9.57. The van der Waals surface area contributed by atoms with Crippen LogP contribution in [0.15, 0.2) is 0 Å². The molecule has 1 rings (SSSR count). The number of nitrogens with one attached hydrogen (secondary N) is 2. The van der Waals surface area contributed by atoms with E-state index in [0.29, 0.717) is 0 Å². The lowest BCUT2D eigenvalue weighted by Crippen LogP contribution is -2.42. The largest absolute Gasteiger partial charge is 0.374 e. The quantitative estimate of drug-likeness (QED) is 0.680. The molecule has 1 fully saturated rings. The van der Waals surface area contributed by atoms with Crippen LogP contribution in [0.3, 0.4) is 0 Å². The molecule has 1 aliphatic rings. The molecule has 0 saturated carbocycles. The molecule has 1 heterocycles. The van der Waals surface area contributed by atoms with Gasteiger partial charge in [0.25, 0.3) is 0 Å². The third-order valence-corrected chi connectivity index (χ3v) is 2.69. The fraction of sp³-hybridized carbons (Fsp3) is 1.00. The molecular formula is C10H22N2O. The van der Waals surface area contributed by atoms with Crippen LogP contribution in [0.1, 0.15) is 26.2 Å². The number of ether oxygens (including phenoxy) is 1. The van der Waals surface area contributed by atoms with Crippen LogP contribution in [0.25, 0.3) is 0 Å². The second-order valence-corrected chi connectivity index (χ2v) is 3.75. The first kappa shape index (κ1) is 11.0. The third kappa shape index (κ3) is 3.25. The summed E-state index contributed by atoms with van der Waals surface area (Å²) in [7, 11) is 2.00. The summed E-state index contributed by atoms with van der Waals surface area (Å²) in [4.78, 5) is 0. The predicted octanol–water partition coefficient (Wildman–Crippen LogP) is 0.755. The Bertz CT molecular complexity index is 123. The van der Waals surface area contributed by atoms with Gasteiger partial charge in [0.2, 0.25) is 0 Å². The summed E-state index contributed by atoms with van der Waals surface area (Å²) in [5, 5.41) is 6.65. The van der Waals surface area contributed by atoms with E-state index >= 15 is 0 Å². The lowest BCUT2D eigenvalue weighted by molar-refractivity contribution is -0.0453. The number of hydrogen-bond acceptors (Lipinski definition) is 3. The SMILES string of the molecule is CCOC1(CNC)CCCNCC1. The van der Waals surface area contributed by atoms with Crippen LogP contribution >= 0.6 is 0 Å². The summed E-state index contributed by atoms with van der Waals surface area (Å²) in [6, 6.07) is 0. The van der Waals surface area contributed by atoms with Gasteiger partial charge in [0, 0.05) is 13.2 Å². The zero-order valence-corrected chi connectivity index (χ0v) is 8.86. The van der Waals surface area contributed by atoms with Crippen molar-refractivity contribution in [1.82, 2.24) is 10.6 Å². The van der Waals surface area contributed by atoms with Crippen LogP contribution in [-0.2, 0) is 4.74 Å². The molecule has 0 aromatic carbocycles. The molecule has 13 heavy (non-hydrogen) atoms. The monoisotopic (exact) mass is 186 g/mol. The maximum Gasteiger partial charge on any atom is 0.0818 e. The molecule has 1 atom stereocenters. The van der Waals surface area contributed by atoms with Gasteiger partial charge in [-0.05, 0) is 46.3 Å². The summed E-state index contributed by atoms with van der Waals surface area (Å²) in [6.07, 6.45) is 3.53. The Balaban J connectivity index is 2.50. The second-order valence-electron chi connectivity index (χ2n) is 3.75. The highest BCUT2D eigenvalue weighted by atomic mass is 16.5. The molecule has 1 unspecified atom stereocenters. The highest BCUT2D eigenvalue weighted by Gasteiger charge is 2.30. The van der Waals surface area contributed by atoms with Crippen LogP contribution in [0.5, 0.6) is 0 Å². The van der Waals surface area contributed by atoms with E-state index in [-0.39, 0.29) is 5.60 Å². The van der Waals surface area contributed by atoms with Gasteiger partial charge in [0.05, 0.1) is 5.60 Å². The summed E-state index contributed by atoms with van der Waals surface area (Å²) in [6.45, 7) is 6.10. The molecule has 0 radical (unpaired) electrons. The first-order valence-electron chi connectivity index (χ1n) is 5.32. The van der Waals surface area contributed by atoms with Crippen LogP contribution in [0, 0.1) is 0 Å². The van der Waals surface area contributed by atoms with Crippen molar-refractivity contribution in [3.63, 3.8) is 0 Å². The average molecular weight is 186 g/mol. The normalized spacial score (nSPS) is 30.0. The Kier molecular flexibility index (Phi) is 4.70. The van der Waals surface area contributed by atoms with E-state index in [1.807, 2.05) is 7.05 Å². The average Bonchev–Trinajstić information content (AvgIpc) is 2.32. The van der Waals surface area contributed by atoms with E-state index in [4.69, 9.17) is 4.74 Å². The van der Waals surface area contributed by atoms with Gasteiger partial charge in [-0.2, -0.15) is 0 Å². The van der Waals surface area contributed by atoms with E-state index in [9.17, 15) is 0 Å². The molecule has 78 valence electrons. The predicted molar refractivity (Wildman–Crippen MR) is 55.0 cm³/mol. The molecule has 0 aromatic heterocycles. The number of hydrogen-bond donors (Lipinski definition) is 2. The maximum atomic E-state index is 5.89. The highest BCUT2D eigenvalue weighted by Crippen LogP contribution is 2.23. The van der Waals surface area contributed by atoms with Crippen molar-refractivity contribution in [2.45, 2.75) is 31.8 Å². The van der Waals surface area contributed by atoms with Crippen LogP contribution in [-0.4, -0.2) is 38.9 Å². The highest BCUT2D eigenvalue weighted by molar-refractivity contribution is 4.86. The van der Waals surface area contributed by atoms with Crippen molar-refractivity contribution in [3.05, 3.63) is 0 Å². The standard InChI is InChI=1S/C10H22N2O/c1-3-13-10(9-11-2)5-4-7-12-8-6-10/h11-12H,3-9H2,1-2H3. The Morgan fingerprint density at radius 2 is 2.23 bits per heavy atom. The Labute approximate surface area is 81.2 Å². The van der Waals surface area contributed by atoms with Crippen LogP contribution < -0.4 is 10.6 Å². The molecular weight excluding hydrogens is 164 g/mol. The molecule has 2 N–H and O–H groups in total. The van der Waals surface area contributed by atoms with Gasteiger partial charge < -0.3 is 15.4 Å². The van der Waals surface area contributed by atoms with Crippen molar-refractivity contribution >= 4 is 0 Å². The Morgan fingerprint density at radius 3 is 2.92 bits per heavy atom. The lowest BCUT2D eigenvalue weighted by Gasteiger charge is -2.32. The van der Waals surface area contributed by atoms with Crippen LogP contribution in [0.4, 0.5) is 0 Å². The van der Waals surface area contributed by atoms with Gasteiger partial charge in [-0.1, -0.05) is 0 Å². The van der Waals surface area contributed by atoms with E-state index < -0.39 is 0 Å². The molecule has 0 spiro atoms.